The highest BCUT2D eigenvalue weighted by molar-refractivity contribution is 5.82. The first kappa shape index (κ1) is 52.1. The minimum absolute atomic E-state index is 0.0120. The Balaban J connectivity index is -0.000000121. The fourth-order valence-corrected chi connectivity index (χ4v) is 3.17. The molecule has 1 heterocycles. The van der Waals surface area contributed by atoms with Crippen molar-refractivity contribution in [2.75, 3.05) is 33.4 Å². The summed E-state index contributed by atoms with van der Waals surface area (Å²) in [5.74, 6) is 0.468. The van der Waals surface area contributed by atoms with Crippen LogP contribution in [-0.4, -0.2) is 68.6 Å². The number of hydrogen-bond acceptors (Lipinski definition) is 8. The molecule has 9 nitrogen and oxygen atoms in total. The van der Waals surface area contributed by atoms with E-state index in [1.807, 2.05) is 34.6 Å². The third-order valence-electron chi connectivity index (χ3n) is 4.65. The second-order valence-electron chi connectivity index (χ2n) is 9.15. The summed E-state index contributed by atoms with van der Waals surface area (Å²) in [5, 5.41) is 16.0. The normalized spacial score (nSPS) is 15.6. The number of carbonyl (C=O) groups excluding carboxylic acids is 2. The van der Waals surface area contributed by atoms with Crippen LogP contribution in [0.5, 0.6) is 0 Å². The third-order valence-corrected chi connectivity index (χ3v) is 4.65. The van der Waals surface area contributed by atoms with Crippen molar-refractivity contribution in [3.05, 3.63) is 4.91 Å². The van der Waals surface area contributed by atoms with E-state index in [0.717, 1.165) is 32.9 Å². The van der Waals surface area contributed by atoms with E-state index in [2.05, 4.69) is 69.0 Å². The first-order valence-corrected chi connectivity index (χ1v) is 16.2. The number of aliphatic hydroxyl groups is 1. The van der Waals surface area contributed by atoms with Gasteiger partial charge in [-0.3, -0.25) is 9.59 Å². The third kappa shape index (κ3) is 48.5. The largest absolute Gasteiger partial charge is 0.466 e. The molecule has 0 saturated carbocycles. The first-order chi connectivity index (χ1) is 19.7. The number of aliphatic hydroxyl groups excluding tert-OH is 1. The maximum Gasteiger partial charge on any atom is 0.302 e. The second-order valence-corrected chi connectivity index (χ2v) is 9.15. The number of nitrogens with zero attached hydrogens (tertiary/aromatic N) is 1. The molecular weight excluding hydrogens is 522 g/mol. The van der Waals surface area contributed by atoms with Crippen LogP contribution >= 0.6 is 0 Å². The second kappa shape index (κ2) is 48.2. The highest BCUT2D eigenvalue weighted by atomic mass is 16.5. The number of rotatable bonds is 13. The Bertz CT molecular complexity index is 494. The lowest BCUT2D eigenvalue weighted by molar-refractivity contribution is -0.141. The van der Waals surface area contributed by atoms with Crippen molar-refractivity contribution in [3.63, 3.8) is 0 Å². The molecule has 0 aromatic carbocycles. The molecule has 0 aliphatic carbocycles. The summed E-state index contributed by atoms with van der Waals surface area (Å²) in [6.45, 7) is 28.4. The van der Waals surface area contributed by atoms with Crippen LogP contribution in [-0.2, 0) is 19.1 Å². The van der Waals surface area contributed by atoms with Crippen molar-refractivity contribution >= 4 is 11.9 Å². The molecule has 252 valence electrons. The van der Waals surface area contributed by atoms with Gasteiger partial charge in [-0.1, -0.05) is 100 Å². The smallest absolute Gasteiger partial charge is 0.302 e. The summed E-state index contributed by atoms with van der Waals surface area (Å²) in [6.07, 6.45) is 8.88. The molecule has 9 heteroatoms. The highest BCUT2D eigenvalue weighted by Crippen LogP contribution is 2.19. The van der Waals surface area contributed by atoms with Crippen LogP contribution in [0.15, 0.2) is 5.18 Å². The number of ether oxygens (including phenoxy) is 2. The molecule has 0 aromatic rings. The fraction of sp³-hybridized carbons (Fsp3) is 0.938. The Kier molecular flexibility index (Phi) is 61.2. The summed E-state index contributed by atoms with van der Waals surface area (Å²) < 4.78 is 10.2. The van der Waals surface area contributed by atoms with Crippen LogP contribution in [0, 0.1) is 10.8 Å². The Morgan fingerprint density at radius 3 is 1.90 bits per heavy atom. The molecule has 1 fully saturated rings. The number of amides is 1. The number of carbonyl (C=O) groups is 2. The van der Waals surface area contributed by atoms with E-state index in [9.17, 15) is 14.5 Å². The SMILES string of the molecule is CC.CC.CC(=O)OCCCN=O.CCC.CCC.CCC[C@H]1CN[C@H](C(=O)N[C@H](C)CO[C@@H](C)CCC)C1.CO. The molecule has 1 aliphatic rings. The molecule has 0 aromatic heterocycles. The number of esters is 1. The summed E-state index contributed by atoms with van der Waals surface area (Å²) in [5.41, 5.74) is 0. The summed E-state index contributed by atoms with van der Waals surface area (Å²) in [6, 6.07) is 0.0656. The first-order valence-electron chi connectivity index (χ1n) is 16.2. The maximum atomic E-state index is 12.1. The number of nitrogens with one attached hydrogen (secondary N) is 2. The Morgan fingerprint density at radius 1 is 0.976 bits per heavy atom. The van der Waals surface area contributed by atoms with Gasteiger partial charge in [-0.2, -0.15) is 4.91 Å². The van der Waals surface area contributed by atoms with E-state index >= 15 is 0 Å². The molecule has 0 spiro atoms. The molecule has 41 heavy (non-hydrogen) atoms. The van der Waals surface area contributed by atoms with Crippen molar-refractivity contribution in [1.29, 1.82) is 0 Å². The summed E-state index contributed by atoms with van der Waals surface area (Å²) in [7, 11) is 1.00. The topological polar surface area (TPSA) is 126 Å². The van der Waals surface area contributed by atoms with Crippen LogP contribution in [0.3, 0.4) is 0 Å². The van der Waals surface area contributed by atoms with Crippen LogP contribution < -0.4 is 10.6 Å². The van der Waals surface area contributed by atoms with Crippen molar-refractivity contribution in [1.82, 2.24) is 10.6 Å². The van der Waals surface area contributed by atoms with Gasteiger partial charge in [0.05, 0.1) is 31.9 Å². The average molecular weight is 596 g/mol. The molecule has 0 bridgehead atoms. The quantitative estimate of drug-likeness (QED) is 0.113. The fourth-order valence-electron chi connectivity index (χ4n) is 3.17. The number of nitroso groups, excluding NO2 is 1. The lowest BCUT2D eigenvalue weighted by atomic mass is 10.00. The van der Waals surface area contributed by atoms with Gasteiger partial charge < -0.3 is 25.2 Å². The summed E-state index contributed by atoms with van der Waals surface area (Å²) >= 11 is 0. The van der Waals surface area contributed by atoms with Gasteiger partial charge in [-0.25, -0.2) is 0 Å². The molecule has 4 atom stereocenters. The van der Waals surface area contributed by atoms with Crippen molar-refractivity contribution in [2.24, 2.45) is 11.1 Å². The Morgan fingerprint density at radius 2 is 1.49 bits per heavy atom. The van der Waals surface area contributed by atoms with Crippen molar-refractivity contribution < 1.29 is 24.2 Å². The average Bonchev–Trinajstić information content (AvgIpc) is 3.44. The molecule has 0 unspecified atom stereocenters. The molecule has 1 amide bonds. The van der Waals surface area contributed by atoms with Crippen LogP contribution in [0.25, 0.3) is 0 Å². The van der Waals surface area contributed by atoms with E-state index in [-0.39, 0.29) is 36.6 Å². The molecular formula is C32H73N3O6. The van der Waals surface area contributed by atoms with Gasteiger partial charge in [0, 0.05) is 26.5 Å². The zero-order chi connectivity index (χ0) is 33.5. The van der Waals surface area contributed by atoms with E-state index < -0.39 is 0 Å². The molecule has 0 radical (unpaired) electrons. The highest BCUT2D eigenvalue weighted by Gasteiger charge is 2.29. The van der Waals surface area contributed by atoms with Crippen molar-refractivity contribution in [3.8, 4) is 0 Å². The van der Waals surface area contributed by atoms with Gasteiger partial charge in [0.2, 0.25) is 5.91 Å². The zero-order valence-corrected chi connectivity index (χ0v) is 29.7. The molecule has 1 aliphatic heterocycles. The minimum atomic E-state index is -0.319. The van der Waals surface area contributed by atoms with Crippen LogP contribution in [0.1, 0.15) is 141 Å². The predicted octanol–water partition coefficient (Wildman–Crippen LogP) is 7.67. The van der Waals surface area contributed by atoms with Crippen LogP contribution in [0.2, 0.25) is 0 Å². The van der Waals surface area contributed by atoms with Gasteiger partial charge in [0.1, 0.15) is 0 Å². The number of hydrogen-bond donors (Lipinski definition) is 3. The van der Waals surface area contributed by atoms with Gasteiger partial charge >= 0.3 is 5.97 Å². The summed E-state index contributed by atoms with van der Waals surface area (Å²) in [4.78, 5) is 31.7. The predicted molar refractivity (Wildman–Crippen MR) is 177 cm³/mol. The van der Waals surface area contributed by atoms with E-state index in [1.54, 1.807) is 0 Å². The molecule has 1 saturated heterocycles. The molecule has 1 rings (SSSR count). The monoisotopic (exact) mass is 596 g/mol. The van der Waals surface area contributed by atoms with E-state index in [4.69, 9.17) is 9.84 Å². The Hall–Kier alpha value is -1.58. The molecule has 3 N–H and O–H groups in total. The Labute approximate surface area is 255 Å². The maximum absolute atomic E-state index is 12.1. The van der Waals surface area contributed by atoms with E-state index in [1.165, 1.54) is 32.6 Å². The van der Waals surface area contributed by atoms with E-state index in [0.29, 0.717) is 25.6 Å². The standard InChI is InChI=1S/C16H32N2O2.C5H9NO3.2C3H8.2C2H6.CH4O/c1-5-7-13(4)20-11-12(3)18-16(19)15-9-14(8-6-2)10-17-15;1-5(7)9-4-2-3-6-8;2*1-3-2;3*1-2/h12-15,17H,5-11H2,1-4H3,(H,18,19);2-4H2,1H3;2*3H2,1-2H3;2*1-2H3;2H,1H3/t12-,13+,14-,15+;;;;;;/m1....../s1. The van der Waals surface area contributed by atoms with Gasteiger partial charge in [-0.15, -0.1) is 0 Å². The van der Waals surface area contributed by atoms with Gasteiger partial charge in [-0.05, 0) is 45.6 Å². The van der Waals surface area contributed by atoms with Crippen molar-refractivity contribution in [2.45, 2.75) is 160 Å². The lowest BCUT2D eigenvalue weighted by Crippen LogP contribution is -2.45. The lowest BCUT2D eigenvalue weighted by Gasteiger charge is -2.20. The van der Waals surface area contributed by atoms with Gasteiger partial charge in [0.15, 0.2) is 0 Å². The van der Waals surface area contributed by atoms with Gasteiger partial charge in [0.25, 0.3) is 0 Å². The minimum Gasteiger partial charge on any atom is -0.466 e. The van der Waals surface area contributed by atoms with Crippen LogP contribution in [0.4, 0.5) is 0 Å². The zero-order valence-electron chi connectivity index (χ0n) is 29.7.